The van der Waals surface area contributed by atoms with E-state index in [1.54, 1.807) is 12.1 Å². The summed E-state index contributed by atoms with van der Waals surface area (Å²) in [5, 5.41) is 3.90. The zero-order valence-electron chi connectivity index (χ0n) is 22.8. The van der Waals surface area contributed by atoms with Crippen molar-refractivity contribution < 1.29 is 36.0 Å². The lowest BCUT2D eigenvalue weighted by atomic mass is 9.41. The van der Waals surface area contributed by atoms with Crippen molar-refractivity contribution in [1.82, 2.24) is 10.1 Å². The van der Waals surface area contributed by atoms with E-state index in [0.717, 1.165) is 30.4 Å². The van der Waals surface area contributed by atoms with Crippen LogP contribution >= 0.6 is 0 Å². The molecule has 6 saturated carbocycles. The molecule has 1 aromatic heterocycles. The predicted octanol–water partition coefficient (Wildman–Crippen LogP) is 7.79. The van der Waals surface area contributed by atoms with Gasteiger partial charge in [0.25, 0.3) is 5.89 Å². The fourth-order valence-corrected chi connectivity index (χ4v) is 7.85. The number of alkyl halides is 5. The van der Waals surface area contributed by atoms with Crippen LogP contribution in [0.15, 0.2) is 53.1 Å². The molecule has 1 amide bonds. The summed E-state index contributed by atoms with van der Waals surface area (Å²) in [5.74, 6) is -0.310. The second kappa shape index (κ2) is 9.50. The first-order chi connectivity index (χ1) is 20.0. The van der Waals surface area contributed by atoms with Crippen LogP contribution in [-0.4, -0.2) is 34.9 Å². The third-order valence-corrected chi connectivity index (χ3v) is 10.2. The molecule has 6 nitrogen and oxygen atoms in total. The van der Waals surface area contributed by atoms with Crippen LogP contribution in [0.25, 0.3) is 11.1 Å². The predicted molar refractivity (Wildman–Crippen MR) is 142 cm³/mol. The zero-order chi connectivity index (χ0) is 29.3. The average molecular weight is 588 g/mol. The van der Waals surface area contributed by atoms with Crippen LogP contribution in [0.5, 0.6) is 5.75 Å². The van der Waals surface area contributed by atoms with Gasteiger partial charge in [-0.15, -0.1) is 0 Å². The molecule has 0 atom stereocenters. The molecule has 11 heteroatoms. The molecule has 0 unspecified atom stereocenters. The molecule has 0 aliphatic heterocycles. The summed E-state index contributed by atoms with van der Waals surface area (Å²) in [6.45, 7) is -2.44. The minimum atomic E-state index is -2.91. The van der Waals surface area contributed by atoms with Crippen molar-refractivity contribution >= 4 is 11.6 Å². The van der Waals surface area contributed by atoms with E-state index in [1.165, 1.54) is 12.1 Å². The number of carbonyl (C=O) groups excluding carboxylic acids is 1. The van der Waals surface area contributed by atoms with Gasteiger partial charge in [-0.2, -0.15) is 22.5 Å². The fraction of sp³-hybridized carbons (Fsp3) is 0.516. The van der Waals surface area contributed by atoms with Gasteiger partial charge in [0.05, 0.1) is 5.41 Å². The summed E-state index contributed by atoms with van der Waals surface area (Å²) >= 11 is 0. The molecule has 1 heterocycles. The molecule has 0 N–H and O–H groups in total. The van der Waals surface area contributed by atoms with Crippen LogP contribution in [0.3, 0.4) is 0 Å². The van der Waals surface area contributed by atoms with Gasteiger partial charge in [-0.1, -0.05) is 29.4 Å². The summed E-state index contributed by atoms with van der Waals surface area (Å²) < 4.78 is 75.1. The quantitative estimate of drug-likeness (QED) is 0.239. The van der Waals surface area contributed by atoms with Crippen LogP contribution in [-0.2, 0) is 10.2 Å². The minimum absolute atomic E-state index is 0.0569. The highest BCUT2D eigenvalue weighted by Crippen LogP contribution is 2.70. The molecule has 6 fully saturated rings. The van der Waals surface area contributed by atoms with Crippen molar-refractivity contribution in [2.24, 2.45) is 10.8 Å². The third-order valence-electron chi connectivity index (χ3n) is 10.2. The largest absolute Gasteiger partial charge is 0.435 e. The molecule has 9 rings (SSSR count). The second-order valence-electron chi connectivity index (χ2n) is 12.8. The zero-order valence-corrected chi connectivity index (χ0v) is 22.8. The number of nitrogens with zero attached hydrogens (tertiary/aromatic N) is 3. The Labute approximate surface area is 239 Å². The number of carbonyl (C=O) groups is 1. The van der Waals surface area contributed by atoms with E-state index in [1.807, 2.05) is 29.2 Å². The summed E-state index contributed by atoms with van der Waals surface area (Å²) in [4.78, 5) is 19.9. The highest BCUT2D eigenvalue weighted by Gasteiger charge is 2.73. The number of halogens is 5. The van der Waals surface area contributed by atoms with Crippen molar-refractivity contribution in [3.63, 3.8) is 0 Å². The van der Waals surface area contributed by atoms with Crippen molar-refractivity contribution in [2.45, 2.75) is 81.9 Å². The fourth-order valence-electron chi connectivity index (χ4n) is 7.85. The lowest BCUT2D eigenvalue weighted by molar-refractivity contribution is -0.211. The molecular weight excluding hydrogens is 557 g/mol. The van der Waals surface area contributed by atoms with Gasteiger partial charge in [0.1, 0.15) is 11.4 Å². The SMILES string of the molecule is O=C(N(CC12CCC(c3noc(C(F)F)n3)(CC1)CC2)c1cccc(-c2ccc(OC(F)F)cc2)c1)C12CC(F)(C1)C2. The van der Waals surface area contributed by atoms with Crippen molar-refractivity contribution in [1.29, 1.82) is 0 Å². The molecule has 3 aromatic rings. The lowest BCUT2D eigenvalue weighted by Gasteiger charge is -2.65. The molecule has 4 bridgehead atoms. The second-order valence-corrected chi connectivity index (χ2v) is 12.8. The molecule has 222 valence electrons. The Morgan fingerprint density at radius 2 is 1.60 bits per heavy atom. The van der Waals surface area contributed by atoms with E-state index in [2.05, 4.69) is 14.9 Å². The van der Waals surface area contributed by atoms with Gasteiger partial charge in [0.2, 0.25) is 5.91 Å². The van der Waals surface area contributed by atoms with Gasteiger partial charge < -0.3 is 14.2 Å². The number of amides is 1. The first-order valence-corrected chi connectivity index (χ1v) is 14.3. The van der Waals surface area contributed by atoms with E-state index in [-0.39, 0.29) is 36.3 Å². The van der Waals surface area contributed by atoms with Crippen molar-refractivity contribution in [3.8, 4) is 16.9 Å². The highest BCUT2D eigenvalue weighted by atomic mass is 19.3. The molecular formula is C31H30F5N3O3. The van der Waals surface area contributed by atoms with Crippen molar-refractivity contribution in [2.75, 3.05) is 11.4 Å². The maximum absolute atomic E-state index is 14.5. The van der Waals surface area contributed by atoms with Gasteiger partial charge in [0.15, 0.2) is 5.82 Å². The molecule has 2 aromatic carbocycles. The molecule has 42 heavy (non-hydrogen) atoms. The van der Waals surface area contributed by atoms with Crippen LogP contribution in [0.2, 0.25) is 0 Å². The Kier molecular flexibility index (Phi) is 6.19. The van der Waals surface area contributed by atoms with Gasteiger partial charge in [-0.05, 0) is 98.6 Å². The Morgan fingerprint density at radius 3 is 2.17 bits per heavy atom. The van der Waals surface area contributed by atoms with E-state index < -0.39 is 35.4 Å². The third kappa shape index (κ3) is 4.46. The summed E-state index contributed by atoms with van der Waals surface area (Å²) in [5.41, 5.74) is -0.167. The Morgan fingerprint density at radius 1 is 0.929 bits per heavy atom. The number of aromatic nitrogens is 2. The van der Waals surface area contributed by atoms with Crippen LogP contribution in [0.1, 0.15) is 75.9 Å². The molecule has 0 spiro atoms. The van der Waals surface area contributed by atoms with E-state index in [4.69, 9.17) is 4.52 Å². The summed E-state index contributed by atoms with van der Waals surface area (Å²) in [6.07, 6.45) is 2.41. The number of hydrogen-bond acceptors (Lipinski definition) is 5. The van der Waals surface area contributed by atoms with Crippen molar-refractivity contribution in [3.05, 3.63) is 60.2 Å². The molecule has 6 aliphatic carbocycles. The van der Waals surface area contributed by atoms with Gasteiger partial charge in [0, 0.05) is 17.6 Å². The van der Waals surface area contributed by atoms with E-state index in [0.29, 0.717) is 37.3 Å². The van der Waals surface area contributed by atoms with Gasteiger partial charge >= 0.3 is 13.0 Å². The number of anilines is 1. The number of hydrogen-bond donors (Lipinski definition) is 0. The Bertz CT molecular complexity index is 1460. The van der Waals surface area contributed by atoms with Crippen LogP contribution in [0.4, 0.5) is 27.6 Å². The average Bonchev–Trinajstić information content (AvgIpc) is 3.47. The molecule has 0 radical (unpaired) electrons. The molecule has 0 saturated heterocycles. The van der Waals surface area contributed by atoms with Gasteiger partial charge in [-0.3, -0.25) is 4.79 Å². The minimum Gasteiger partial charge on any atom is -0.435 e. The summed E-state index contributed by atoms with van der Waals surface area (Å²) in [6, 6.07) is 13.9. The van der Waals surface area contributed by atoms with Gasteiger partial charge in [-0.25, -0.2) is 4.39 Å². The standard InChI is InChI=1S/C31H30F5N3O3/c32-23(33)24-37-25(38-42-24)29-11-8-28(9-12-29,10-13-29)18-39(26(40)30-15-31(36,16-30)17-30)21-3-1-2-20(14-21)19-4-6-22(7-5-19)41-27(34)35/h1-7,14,23,27H,8-13,15-18H2. The first-order valence-electron chi connectivity index (χ1n) is 14.3. The maximum Gasteiger partial charge on any atom is 0.387 e. The smallest absolute Gasteiger partial charge is 0.387 e. The first kappa shape index (κ1) is 27.3. The summed E-state index contributed by atoms with van der Waals surface area (Å²) in [7, 11) is 0. The number of rotatable bonds is 9. The highest BCUT2D eigenvalue weighted by molar-refractivity contribution is 6.00. The van der Waals surface area contributed by atoms with Crippen LogP contribution in [0, 0.1) is 10.8 Å². The Balaban J connectivity index is 1.15. The monoisotopic (exact) mass is 587 g/mol. The molecule has 6 aliphatic rings. The Hall–Kier alpha value is -3.50. The maximum atomic E-state index is 14.5. The number of benzene rings is 2. The number of fused-ring (bicyclic) bond motifs is 3. The topological polar surface area (TPSA) is 68.5 Å². The van der Waals surface area contributed by atoms with Crippen LogP contribution < -0.4 is 9.64 Å². The van der Waals surface area contributed by atoms with E-state index >= 15 is 0 Å². The number of ether oxygens (including phenoxy) is 1. The lowest BCUT2D eigenvalue weighted by Crippen LogP contribution is -2.71. The van der Waals surface area contributed by atoms with E-state index in [9.17, 15) is 26.7 Å². The normalized spacial score (nSPS) is 31.1.